The Hall–Kier alpha value is -1.92. The minimum absolute atomic E-state index is 0.141. The average Bonchev–Trinajstić information content (AvgIpc) is 2.82. The first-order chi connectivity index (χ1) is 9.74. The summed E-state index contributed by atoms with van der Waals surface area (Å²) in [5, 5.41) is 17.1. The van der Waals surface area contributed by atoms with Crippen LogP contribution in [0, 0.1) is 6.92 Å². The summed E-state index contributed by atoms with van der Waals surface area (Å²) in [6.07, 6.45) is 0. The molecular formula is C14H19N3O3. The van der Waals surface area contributed by atoms with E-state index in [2.05, 4.69) is 10.3 Å². The maximum absolute atomic E-state index is 9.19. The van der Waals surface area contributed by atoms with Crippen LogP contribution in [0.2, 0.25) is 0 Å². The summed E-state index contributed by atoms with van der Waals surface area (Å²) in [7, 11) is 1.60. The number of ether oxygens (including phenoxy) is 2. The van der Waals surface area contributed by atoms with Crippen LogP contribution in [0.5, 0.6) is 5.75 Å². The van der Waals surface area contributed by atoms with Crippen LogP contribution >= 0.6 is 0 Å². The van der Waals surface area contributed by atoms with Crippen LogP contribution in [-0.4, -0.2) is 33.8 Å². The van der Waals surface area contributed by atoms with E-state index < -0.39 is 0 Å². The highest BCUT2D eigenvalue weighted by Gasteiger charge is 2.11. The van der Waals surface area contributed by atoms with E-state index in [0.717, 1.165) is 17.0 Å². The molecule has 0 aliphatic heterocycles. The van der Waals surface area contributed by atoms with Gasteiger partial charge in [0.2, 0.25) is 0 Å². The van der Waals surface area contributed by atoms with Crippen LogP contribution in [-0.2, 0) is 24.5 Å². The lowest BCUT2D eigenvalue weighted by molar-refractivity contribution is 0.170. The molecule has 1 aromatic heterocycles. The predicted molar refractivity (Wildman–Crippen MR) is 73.3 cm³/mol. The summed E-state index contributed by atoms with van der Waals surface area (Å²) >= 11 is 0. The fourth-order valence-electron chi connectivity index (χ4n) is 1.92. The number of aryl methyl sites for hydroxylation is 1. The molecule has 0 amide bonds. The van der Waals surface area contributed by atoms with Crippen molar-refractivity contribution in [3.05, 3.63) is 41.2 Å². The maximum Gasteiger partial charge on any atom is 0.119 e. The minimum Gasteiger partial charge on any atom is -0.492 e. The van der Waals surface area contributed by atoms with Crippen molar-refractivity contribution >= 4 is 0 Å². The van der Waals surface area contributed by atoms with E-state index in [1.807, 2.05) is 31.2 Å². The number of aliphatic hydroxyl groups is 1. The predicted octanol–water partition coefficient (Wildman–Crippen LogP) is 1.30. The second kappa shape index (κ2) is 7.02. The van der Waals surface area contributed by atoms with Crippen molar-refractivity contribution in [2.24, 2.45) is 0 Å². The topological polar surface area (TPSA) is 69.4 Å². The molecule has 0 aliphatic rings. The first-order valence-electron chi connectivity index (χ1n) is 6.45. The number of aliphatic hydroxyl groups excluding tert-OH is 1. The molecule has 1 heterocycles. The Morgan fingerprint density at radius 1 is 1.35 bits per heavy atom. The van der Waals surface area contributed by atoms with E-state index in [4.69, 9.17) is 9.47 Å². The molecule has 0 aliphatic carbocycles. The zero-order valence-electron chi connectivity index (χ0n) is 11.7. The smallest absolute Gasteiger partial charge is 0.119 e. The standard InChI is InChI=1S/C14H19N3O3/c1-11-4-3-5-12(8-11)20-7-6-17-14(10-19-2)13(9-18)15-16-17/h3-5,8,18H,6-7,9-10H2,1-2H3. The zero-order chi connectivity index (χ0) is 14.4. The first kappa shape index (κ1) is 14.5. The average molecular weight is 277 g/mol. The van der Waals surface area contributed by atoms with Gasteiger partial charge in [-0.1, -0.05) is 17.3 Å². The van der Waals surface area contributed by atoms with Crippen LogP contribution in [0.25, 0.3) is 0 Å². The summed E-state index contributed by atoms with van der Waals surface area (Å²) in [6, 6.07) is 7.88. The van der Waals surface area contributed by atoms with Crippen molar-refractivity contribution in [3.63, 3.8) is 0 Å². The third-order valence-corrected chi connectivity index (χ3v) is 2.91. The molecule has 0 radical (unpaired) electrons. The van der Waals surface area contributed by atoms with Gasteiger partial charge in [-0.25, -0.2) is 4.68 Å². The van der Waals surface area contributed by atoms with Gasteiger partial charge in [-0.2, -0.15) is 0 Å². The lowest BCUT2D eigenvalue weighted by Crippen LogP contribution is -2.13. The fraction of sp³-hybridized carbons (Fsp3) is 0.429. The highest BCUT2D eigenvalue weighted by molar-refractivity contribution is 5.27. The van der Waals surface area contributed by atoms with E-state index in [-0.39, 0.29) is 6.61 Å². The first-order valence-corrected chi connectivity index (χ1v) is 6.45. The molecule has 1 aromatic carbocycles. The molecule has 2 rings (SSSR count). The Morgan fingerprint density at radius 2 is 2.20 bits per heavy atom. The van der Waals surface area contributed by atoms with Crippen molar-refractivity contribution in [2.75, 3.05) is 13.7 Å². The van der Waals surface area contributed by atoms with Crippen LogP contribution in [0.4, 0.5) is 0 Å². The highest BCUT2D eigenvalue weighted by atomic mass is 16.5. The van der Waals surface area contributed by atoms with Gasteiger partial charge in [-0.3, -0.25) is 0 Å². The Bertz CT molecular complexity index is 554. The zero-order valence-corrected chi connectivity index (χ0v) is 11.7. The van der Waals surface area contributed by atoms with E-state index in [0.29, 0.717) is 25.5 Å². The normalized spacial score (nSPS) is 10.8. The molecule has 0 spiro atoms. The summed E-state index contributed by atoms with van der Waals surface area (Å²) in [5.41, 5.74) is 2.48. The van der Waals surface area contributed by atoms with Crippen molar-refractivity contribution in [3.8, 4) is 5.75 Å². The third-order valence-electron chi connectivity index (χ3n) is 2.91. The summed E-state index contributed by atoms with van der Waals surface area (Å²) in [4.78, 5) is 0. The molecule has 6 heteroatoms. The molecule has 6 nitrogen and oxygen atoms in total. The summed E-state index contributed by atoms with van der Waals surface area (Å²) in [6.45, 7) is 3.29. The lowest BCUT2D eigenvalue weighted by Gasteiger charge is -2.09. The van der Waals surface area contributed by atoms with Gasteiger partial charge in [0.05, 0.1) is 25.5 Å². The molecule has 1 N–H and O–H groups in total. The summed E-state index contributed by atoms with van der Waals surface area (Å²) in [5.74, 6) is 0.834. The van der Waals surface area contributed by atoms with Gasteiger partial charge in [0.1, 0.15) is 18.1 Å². The second-order valence-electron chi connectivity index (χ2n) is 4.46. The van der Waals surface area contributed by atoms with E-state index >= 15 is 0 Å². The number of hydrogen-bond donors (Lipinski definition) is 1. The largest absolute Gasteiger partial charge is 0.492 e. The monoisotopic (exact) mass is 277 g/mol. The number of rotatable bonds is 7. The summed E-state index contributed by atoms with van der Waals surface area (Å²) < 4.78 is 12.5. The van der Waals surface area contributed by atoms with Gasteiger partial charge in [0.25, 0.3) is 0 Å². The third kappa shape index (κ3) is 3.55. The molecule has 20 heavy (non-hydrogen) atoms. The molecule has 0 saturated heterocycles. The molecule has 0 bridgehead atoms. The van der Waals surface area contributed by atoms with Crippen molar-refractivity contribution in [1.29, 1.82) is 0 Å². The van der Waals surface area contributed by atoms with Crippen molar-refractivity contribution < 1.29 is 14.6 Å². The van der Waals surface area contributed by atoms with Crippen LogP contribution in [0.15, 0.2) is 24.3 Å². The number of benzene rings is 1. The number of hydrogen-bond acceptors (Lipinski definition) is 5. The van der Waals surface area contributed by atoms with E-state index in [1.54, 1.807) is 11.8 Å². The Kier molecular flexibility index (Phi) is 5.09. The van der Waals surface area contributed by atoms with Gasteiger partial charge in [-0.05, 0) is 24.6 Å². The second-order valence-corrected chi connectivity index (χ2v) is 4.46. The molecule has 0 fully saturated rings. The van der Waals surface area contributed by atoms with Crippen LogP contribution in [0.3, 0.4) is 0 Å². The van der Waals surface area contributed by atoms with Crippen LogP contribution in [0.1, 0.15) is 17.0 Å². The fourth-order valence-corrected chi connectivity index (χ4v) is 1.92. The van der Waals surface area contributed by atoms with E-state index in [1.165, 1.54) is 0 Å². The molecular weight excluding hydrogens is 258 g/mol. The van der Waals surface area contributed by atoms with Gasteiger partial charge < -0.3 is 14.6 Å². The Morgan fingerprint density at radius 3 is 2.90 bits per heavy atom. The van der Waals surface area contributed by atoms with Gasteiger partial charge >= 0.3 is 0 Å². The maximum atomic E-state index is 9.19. The van der Waals surface area contributed by atoms with Gasteiger partial charge in [0, 0.05) is 7.11 Å². The Balaban J connectivity index is 1.95. The number of nitrogens with zero attached hydrogens (tertiary/aromatic N) is 3. The molecule has 0 saturated carbocycles. The van der Waals surface area contributed by atoms with E-state index in [9.17, 15) is 5.11 Å². The highest BCUT2D eigenvalue weighted by Crippen LogP contribution is 2.13. The minimum atomic E-state index is -0.141. The molecule has 2 aromatic rings. The molecule has 108 valence electrons. The van der Waals surface area contributed by atoms with Gasteiger partial charge in [0.15, 0.2) is 0 Å². The Labute approximate surface area is 117 Å². The van der Waals surface area contributed by atoms with Gasteiger partial charge in [-0.15, -0.1) is 5.10 Å². The van der Waals surface area contributed by atoms with Crippen molar-refractivity contribution in [2.45, 2.75) is 26.7 Å². The molecule has 0 atom stereocenters. The lowest BCUT2D eigenvalue weighted by atomic mass is 10.2. The number of aromatic nitrogens is 3. The SMILES string of the molecule is COCc1c(CO)nnn1CCOc1cccc(C)c1. The van der Waals surface area contributed by atoms with Crippen molar-refractivity contribution in [1.82, 2.24) is 15.0 Å². The molecule has 0 unspecified atom stereocenters. The number of methoxy groups -OCH3 is 1. The van der Waals surface area contributed by atoms with Crippen LogP contribution < -0.4 is 4.74 Å². The quantitative estimate of drug-likeness (QED) is 0.826.